The molecule has 0 bridgehead atoms. The second-order valence-corrected chi connectivity index (χ2v) is 4.56. The van der Waals surface area contributed by atoms with Crippen molar-refractivity contribution < 1.29 is 9.47 Å². The Hall–Kier alpha value is -0.120. The van der Waals surface area contributed by atoms with Gasteiger partial charge in [-0.1, -0.05) is 0 Å². The van der Waals surface area contributed by atoms with E-state index in [1.807, 2.05) is 13.8 Å². The molecule has 13 heavy (non-hydrogen) atoms. The second-order valence-electron chi connectivity index (χ2n) is 4.56. The molecular weight excluding hydrogens is 166 g/mol. The number of hydrogen-bond donors (Lipinski definition) is 1. The summed E-state index contributed by atoms with van der Waals surface area (Å²) in [4.78, 5) is 0. The zero-order chi connectivity index (χ0) is 9.73. The molecular formula is C10H21NO2. The molecule has 0 spiro atoms. The molecule has 1 heterocycles. The summed E-state index contributed by atoms with van der Waals surface area (Å²) in [6.45, 7) is 7.22. The minimum absolute atomic E-state index is 0.203. The van der Waals surface area contributed by atoms with Crippen LogP contribution in [0.3, 0.4) is 0 Å². The van der Waals surface area contributed by atoms with Gasteiger partial charge in [0.05, 0.1) is 6.61 Å². The van der Waals surface area contributed by atoms with E-state index in [1.54, 1.807) is 0 Å². The quantitative estimate of drug-likeness (QED) is 0.718. The SMILES string of the molecule is CC(C)(N)COCC1CCOCC1. The first-order chi connectivity index (χ1) is 6.08. The number of ether oxygens (including phenoxy) is 2. The summed E-state index contributed by atoms with van der Waals surface area (Å²) < 4.78 is 10.8. The number of hydrogen-bond acceptors (Lipinski definition) is 3. The summed E-state index contributed by atoms with van der Waals surface area (Å²) in [6.07, 6.45) is 2.26. The van der Waals surface area contributed by atoms with E-state index >= 15 is 0 Å². The van der Waals surface area contributed by atoms with Crippen molar-refractivity contribution in [3.63, 3.8) is 0 Å². The van der Waals surface area contributed by atoms with Gasteiger partial charge >= 0.3 is 0 Å². The van der Waals surface area contributed by atoms with Crippen LogP contribution in [0.1, 0.15) is 26.7 Å². The molecule has 0 saturated carbocycles. The van der Waals surface area contributed by atoms with Gasteiger partial charge in [0.2, 0.25) is 0 Å². The fraction of sp³-hybridized carbons (Fsp3) is 1.00. The van der Waals surface area contributed by atoms with Gasteiger partial charge in [0.15, 0.2) is 0 Å². The summed E-state index contributed by atoms with van der Waals surface area (Å²) in [5.41, 5.74) is 5.60. The van der Waals surface area contributed by atoms with Gasteiger partial charge in [-0.05, 0) is 32.6 Å². The molecule has 78 valence electrons. The van der Waals surface area contributed by atoms with Crippen LogP contribution in [-0.4, -0.2) is 32.0 Å². The lowest BCUT2D eigenvalue weighted by Gasteiger charge is -2.24. The predicted molar refractivity (Wildman–Crippen MR) is 52.6 cm³/mol. The fourth-order valence-corrected chi connectivity index (χ4v) is 1.40. The van der Waals surface area contributed by atoms with Crippen molar-refractivity contribution in [1.29, 1.82) is 0 Å². The van der Waals surface area contributed by atoms with Crippen molar-refractivity contribution >= 4 is 0 Å². The van der Waals surface area contributed by atoms with Crippen molar-refractivity contribution in [1.82, 2.24) is 0 Å². The van der Waals surface area contributed by atoms with Gasteiger partial charge in [-0.15, -0.1) is 0 Å². The average Bonchev–Trinajstić information content (AvgIpc) is 2.04. The van der Waals surface area contributed by atoms with Crippen molar-refractivity contribution in [3.8, 4) is 0 Å². The Morgan fingerprint density at radius 1 is 1.38 bits per heavy atom. The van der Waals surface area contributed by atoms with Crippen molar-refractivity contribution in [2.45, 2.75) is 32.2 Å². The van der Waals surface area contributed by atoms with Crippen molar-refractivity contribution in [3.05, 3.63) is 0 Å². The van der Waals surface area contributed by atoms with Gasteiger partial charge in [-0.2, -0.15) is 0 Å². The topological polar surface area (TPSA) is 44.5 Å². The minimum atomic E-state index is -0.203. The van der Waals surface area contributed by atoms with Crippen LogP contribution >= 0.6 is 0 Å². The van der Waals surface area contributed by atoms with Gasteiger partial charge in [-0.25, -0.2) is 0 Å². The lowest BCUT2D eigenvalue weighted by molar-refractivity contribution is 0.0109. The van der Waals surface area contributed by atoms with Gasteiger partial charge in [0.1, 0.15) is 0 Å². The highest BCUT2D eigenvalue weighted by Gasteiger charge is 2.16. The van der Waals surface area contributed by atoms with Crippen molar-refractivity contribution in [2.75, 3.05) is 26.4 Å². The molecule has 0 radical (unpaired) electrons. The molecule has 0 amide bonds. The third-order valence-corrected chi connectivity index (χ3v) is 2.17. The van der Waals surface area contributed by atoms with Crippen LogP contribution < -0.4 is 5.73 Å². The zero-order valence-electron chi connectivity index (χ0n) is 8.71. The number of nitrogens with two attached hydrogens (primary N) is 1. The van der Waals surface area contributed by atoms with Gasteiger partial charge in [-0.3, -0.25) is 0 Å². The van der Waals surface area contributed by atoms with Gasteiger partial charge in [0.25, 0.3) is 0 Å². The summed E-state index contributed by atoms with van der Waals surface area (Å²) in [5, 5.41) is 0. The van der Waals surface area contributed by atoms with E-state index in [4.69, 9.17) is 15.2 Å². The standard InChI is InChI=1S/C10H21NO2/c1-10(2,11)8-13-7-9-3-5-12-6-4-9/h9H,3-8,11H2,1-2H3. The van der Waals surface area contributed by atoms with E-state index in [9.17, 15) is 0 Å². The van der Waals surface area contributed by atoms with E-state index < -0.39 is 0 Å². The highest BCUT2D eigenvalue weighted by Crippen LogP contribution is 2.15. The van der Waals surface area contributed by atoms with E-state index in [1.165, 1.54) is 0 Å². The summed E-state index contributed by atoms with van der Waals surface area (Å²) in [5.74, 6) is 0.677. The highest BCUT2D eigenvalue weighted by molar-refractivity contribution is 4.71. The Kier molecular flexibility index (Phi) is 4.16. The third kappa shape index (κ3) is 5.24. The van der Waals surface area contributed by atoms with E-state index in [0.29, 0.717) is 12.5 Å². The molecule has 1 aliphatic rings. The molecule has 1 rings (SSSR count). The first-order valence-electron chi connectivity index (χ1n) is 5.02. The molecule has 0 aromatic rings. The van der Waals surface area contributed by atoms with Crippen LogP contribution in [0.4, 0.5) is 0 Å². The van der Waals surface area contributed by atoms with Gasteiger partial charge < -0.3 is 15.2 Å². The first kappa shape index (κ1) is 11.0. The molecule has 0 aromatic carbocycles. The van der Waals surface area contributed by atoms with Crippen LogP contribution in [0, 0.1) is 5.92 Å². The molecule has 3 nitrogen and oxygen atoms in total. The van der Waals surface area contributed by atoms with Crippen molar-refractivity contribution in [2.24, 2.45) is 11.7 Å². The summed E-state index contributed by atoms with van der Waals surface area (Å²) in [7, 11) is 0. The van der Waals surface area contributed by atoms with Crippen LogP contribution in [0.5, 0.6) is 0 Å². The molecule has 0 atom stereocenters. The maximum absolute atomic E-state index is 5.80. The smallest absolute Gasteiger partial charge is 0.0640 e. The molecule has 1 saturated heterocycles. The molecule has 2 N–H and O–H groups in total. The molecule has 0 unspecified atom stereocenters. The summed E-state index contributed by atoms with van der Waals surface area (Å²) >= 11 is 0. The van der Waals surface area contributed by atoms with Crippen LogP contribution in [0.2, 0.25) is 0 Å². The largest absolute Gasteiger partial charge is 0.381 e. The van der Waals surface area contributed by atoms with E-state index in [-0.39, 0.29) is 5.54 Å². The monoisotopic (exact) mass is 187 g/mol. The van der Waals surface area contributed by atoms with E-state index in [2.05, 4.69) is 0 Å². The third-order valence-electron chi connectivity index (χ3n) is 2.17. The zero-order valence-corrected chi connectivity index (χ0v) is 8.71. The Labute approximate surface area is 80.6 Å². The molecule has 1 fully saturated rings. The minimum Gasteiger partial charge on any atom is -0.381 e. The first-order valence-corrected chi connectivity index (χ1v) is 5.02. The Morgan fingerprint density at radius 3 is 2.54 bits per heavy atom. The Morgan fingerprint density at radius 2 is 2.00 bits per heavy atom. The molecule has 0 aromatic heterocycles. The lowest BCUT2D eigenvalue weighted by Crippen LogP contribution is -2.38. The normalized spacial score (nSPS) is 20.5. The maximum atomic E-state index is 5.80. The molecule has 0 aliphatic carbocycles. The van der Waals surface area contributed by atoms with Gasteiger partial charge in [0, 0.05) is 25.4 Å². The predicted octanol–water partition coefficient (Wildman–Crippen LogP) is 1.17. The van der Waals surface area contributed by atoms with Crippen LogP contribution in [0.25, 0.3) is 0 Å². The van der Waals surface area contributed by atoms with E-state index in [0.717, 1.165) is 32.7 Å². The van der Waals surface area contributed by atoms with Crippen LogP contribution in [0.15, 0.2) is 0 Å². The molecule has 3 heteroatoms. The average molecular weight is 187 g/mol. The highest BCUT2D eigenvalue weighted by atomic mass is 16.5. The maximum Gasteiger partial charge on any atom is 0.0640 e. The number of rotatable bonds is 4. The lowest BCUT2D eigenvalue weighted by atomic mass is 10.0. The van der Waals surface area contributed by atoms with Crippen LogP contribution in [-0.2, 0) is 9.47 Å². The fourth-order valence-electron chi connectivity index (χ4n) is 1.40. The summed E-state index contributed by atoms with van der Waals surface area (Å²) in [6, 6.07) is 0. The second kappa shape index (κ2) is 4.94. The molecule has 1 aliphatic heterocycles. The Bertz CT molecular complexity index is 136. The Balaban J connectivity index is 2.04.